The van der Waals surface area contributed by atoms with E-state index < -0.39 is 0 Å². The van der Waals surface area contributed by atoms with Gasteiger partial charge < -0.3 is 5.32 Å². The Hall–Kier alpha value is 0.480. The van der Waals surface area contributed by atoms with Gasteiger partial charge in [-0.05, 0) is 56.3 Å². The van der Waals surface area contributed by atoms with Gasteiger partial charge in [-0.3, -0.25) is 4.99 Å². The number of amidine groups is 1. The second kappa shape index (κ2) is 6.96. The molecule has 0 radical (unpaired) electrons. The summed E-state index contributed by atoms with van der Waals surface area (Å²) in [6.45, 7) is 5.43. The van der Waals surface area contributed by atoms with Gasteiger partial charge in [0.25, 0.3) is 0 Å². The van der Waals surface area contributed by atoms with Gasteiger partial charge in [-0.15, -0.1) is 0 Å². The van der Waals surface area contributed by atoms with Crippen LogP contribution in [0.3, 0.4) is 0 Å². The summed E-state index contributed by atoms with van der Waals surface area (Å²) in [7, 11) is 0. The summed E-state index contributed by atoms with van der Waals surface area (Å²) in [5.41, 5.74) is 1.03. The van der Waals surface area contributed by atoms with Crippen LogP contribution in [0.4, 0.5) is 5.69 Å². The minimum atomic E-state index is 0.607. The quantitative estimate of drug-likeness (QED) is 0.594. The van der Waals surface area contributed by atoms with E-state index in [0.29, 0.717) is 5.25 Å². The highest BCUT2D eigenvalue weighted by Gasteiger charge is 2.21. The van der Waals surface area contributed by atoms with Crippen LogP contribution in [0.5, 0.6) is 0 Å². The fourth-order valence-electron chi connectivity index (χ4n) is 1.90. The molecule has 19 heavy (non-hydrogen) atoms. The van der Waals surface area contributed by atoms with Crippen molar-refractivity contribution in [1.29, 1.82) is 0 Å². The van der Waals surface area contributed by atoms with Crippen molar-refractivity contribution in [2.75, 3.05) is 11.9 Å². The van der Waals surface area contributed by atoms with Crippen molar-refractivity contribution < 1.29 is 0 Å². The highest BCUT2D eigenvalue weighted by Crippen LogP contribution is 2.36. The third kappa shape index (κ3) is 4.48. The van der Waals surface area contributed by atoms with E-state index in [4.69, 9.17) is 0 Å². The molecule has 2 nitrogen and oxygen atoms in total. The first-order valence-electron chi connectivity index (χ1n) is 6.08. The van der Waals surface area contributed by atoms with Crippen LogP contribution < -0.4 is 5.32 Å². The zero-order valence-corrected chi connectivity index (χ0v) is 16.3. The van der Waals surface area contributed by atoms with Gasteiger partial charge in [0.05, 0.1) is 12.2 Å². The summed E-state index contributed by atoms with van der Waals surface area (Å²) >= 11 is 12.5. The molecule has 1 unspecified atom stereocenters. The predicted molar refractivity (Wildman–Crippen MR) is 96.3 cm³/mol. The first-order valence-corrected chi connectivity index (χ1v) is 9.34. The van der Waals surface area contributed by atoms with Crippen LogP contribution in [-0.2, 0) is 0 Å². The highest BCUT2D eigenvalue weighted by molar-refractivity contribution is 9.11. The number of hydrogen-bond donors (Lipinski definition) is 1. The first kappa shape index (κ1) is 15.9. The zero-order valence-electron chi connectivity index (χ0n) is 10.7. The molecule has 0 aromatic heterocycles. The average Bonchev–Trinajstić information content (AvgIpc) is 2.70. The third-order valence-corrected chi connectivity index (χ3v) is 5.53. The van der Waals surface area contributed by atoms with Crippen molar-refractivity contribution >= 4 is 70.4 Å². The number of anilines is 1. The molecule has 0 saturated heterocycles. The summed E-state index contributed by atoms with van der Waals surface area (Å²) in [6.07, 6.45) is 1.21. The highest BCUT2D eigenvalue weighted by atomic mass is 79.9. The summed E-state index contributed by atoms with van der Waals surface area (Å²) in [5, 5.41) is 5.02. The molecule has 0 fully saturated rings. The van der Waals surface area contributed by atoms with E-state index in [-0.39, 0.29) is 0 Å². The van der Waals surface area contributed by atoms with Gasteiger partial charge in [0.1, 0.15) is 0 Å². The molecular formula is C13H15Br3N2S. The van der Waals surface area contributed by atoms with Crippen LogP contribution in [0.1, 0.15) is 20.3 Å². The minimum absolute atomic E-state index is 0.607. The monoisotopic (exact) mass is 468 g/mol. The van der Waals surface area contributed by atoms with Crippen molar-refractivity contribution in [3.8, 4) is 0 Å². The molecule has 2 rings (SSSR count). The van der Waals surface area contributed by atoms with Crippen LogP contribution >= 0.6 is 59.6 Å². The molecular weight excluding hydrogens is 456 g/mol. The summed E-state index contributed by atoms with van der Waals surface area (Å²) in [4.78, 5) is 4.59. The molecule has 0 amide bonds. The van der Waals surface area contributed by atoms with Crippen LogP contribution in [0.25, 0.3) is 0 Å². The van der Waals surface area contributed by atoms with Gasteiger partial charge in [0.15, 0.2) is 5.17 Å². The van der Waals surface area contributed by atoms with Crippen molar-refractivity contribution in [3.05, 3.63) is 25.6 Å². The Morgan fingerprint density at radius 3 is 2.53 bits per heavy atom. The smallest absolute Gasteiger partial charge is 0.161 e. The van der Waals surface area contributed by atoms with Crippen LogP contribution in [0, 0.1) is 5.92 Å². The lowest BCUT2D eigenvalue weighted by Gasteiger charge is -2.13. The topological polar surface area (TPSA) is 24.4 Å². The van der Waals surface area contributed by atoms with Gasteiger partial charge >= 0.3 is 0 Å². The normalized spacial score (nSPS) is 18.8. The Kier molecular flexibility index (Phi) is 5.81. The maximum absolute atomic E-state index is 4.59. The summed E-state index contributed by atoms with van der Waals surface area (Å²) < 4.78 is 3.07. The van der Waals surface area contributed by atoms with E-state index >= 15 is 0 Å². The number of halogens is 3. The van der Waals surface area contributed by atoms with Crippen LogP contribution in [-0.4, -0.2) is 17.0 Å². The Morgan fingerprint density at radius 2 is 1.95 bits per heavy atom. The minimum Gasteiger partial charge on any atom is -0.333 e. The summed E-state index contributed by atoms with van der Waals surface area (Å²) in [6, 6.07) is 4.05. The lowest BCUT2D eigenvalue weighted by molar-refractivity contribution is 0.575. The number of aliphatic imine (C=N–C) groups is 1. The number of nitrogens with zero attached hydrogens (tertiary/aromatic N) is 1. The van der Waals surface area contributed by atoms with Crippen molar-refractivity contribution in [2.45, 2.75) is 25.5 Å². The molecule has 0 spiro atoms. The molecule has 1 N–H and O–H groups in total. The maximum Gasteiger partial charge on any atom is 0.161 e. The van der Waals surface area contributed by atoms with E-state index in [0.717, 1.165) is 36.7 Å². The first-order chi connectivity index (χ1) is 8.95. The number of hydrogen-bond acceptors (Lipinski definition) is 3. The molecule has 1 heterocycles. The predicted octanol–water partition coefficient (Wildman–Crippen LogP) is 5.90. The standard InChI is InChI=1S/C13H15Br3N2S/c1-7(2)3-9-6-17-13(19-9)18-12-10(15)4-8(14)5-11(12)16/h4-5,7,9H,3,6H2,1-2H3,(H,17,18). The molecule has 0 bridgehead atoms. The third-order valence-electron chi connectivity index (χ3n) is 2.69. The Morgan fingerprint density at radius 1 is 1.32 bits per heavy atom. The van der Waals surface area contributed by atoms with Gasteiger partial charge in [-0.2, -0.15) is 0 Å². The number of rotatable bonds is 3. The number of benzene rings is 1. The van der Waals surface area contributed by atoms with Crippen molar-refractivity contribution in [2.24, 2.45) is 10.9 Å². The van der Waals surface area contributed by atoms with Gasteiger partial charge in [-0.1, -0.05) is 41.5 Å². The van der Waals surface area contributed by atoms with Crippen LogP contribution in [0.15, 0.2) is 30.5 Å². The summed E-state index contributed by atoms with van der Waals surface area (Å²) in [5.74, 6) is 0.721. The Labute approximate surface area is 143 Å². The lowest BCUT2D eigenvalue weighted by Crippen LogP contribution is -2.10. The molecule has 1 aliphatic rings. The van der Waals surface area contributed by atoms with Gasteiger partial charge in [-0.25, -0.2) is 0 Å². The lowest BCUT2D eigenvalue weighted by atomic mass is 10.1. The van der Waals surface area contributed by atoms with E-state index in [1.807, 2.05) is 23.9 Å². The van der Waals surface area contributed by atoms with Crippen molar-refractivity contribution in [1.82, 2.24) is 0 Å². The number of nitrogens with one attached hydrogen (secondary N) is 1. The zero-order chi connectivity index (χ0) is 14.0. The van der Waals surface area contributed by atoms with E-state index in [9.17, 15) is 0 Å². The van der Waals surface area contributed by atoms with Crippen molar-refractivity contribution in [3.63, 3.8) is 0 Å². The maximum atomic E-state index is 4.59. The largest absolute Gasteiger partial charge is 0.333 e. The molecule has 6 heteroatoms. The molecule has 0 aliphatic carbocycles. The average molecular weight is 471 g/mol. The SMILES string of the molecule is CC(C)CC1CN=C(Nc2c(Br)cc(Br)cc2Br)S1. The second-order valence-corrected chi connectivity index (χ2v) is 8.80. The fraction of sp³-hybridized carbons (Fsp3) is 0.462. The van der Waals surface area contributed by atoms with E-state index in [2.05, 4.69) is 71.9 Å². The second-order valence-electron chi connectivity index (χ2n) is 4.88. The van der Waals surface area contributed by atoms with Gasteiger partial charge in [0, 0.05) is 18.7 Å². The molecule has 1 aliphatic heterocycles. The molecule has 0 saturated carbocycles. The van der Waals surface area contributed by atoms with Gasteiger partial charge in [0.2, 0.25) is 0 Å². The molecule has 1 atom stereocenters. The molecule has 104 valence electrons. The Balaban J connectivity index is 2.04. The fourth-order valence-corrected chi connectivity index (χ4v) is 5.62. The number of thioether (sulfide) groups is 1. The Bertz CT molecular complexity index is 480. The molecule has 1 aromatic carbocycles. The van der Waals surface area contributed by atoms with Crippen LogP contribution in [0.2, 0.25) is 0 Å². The molecule has 1 aromatic rings. The van der Waals surface area contributed by atoms with E-state index in [1.54, 1.807) is 0 Å². The van der Waals surface area contributed by atoms with E-state index in [1.165, 1.54) is 6.42 Å².